The number of benzene rings is 1. The molecule has 1 aromatic carbocycles. The predicted octanol–water partition coefficient (Wildman–Crippen LogP) is 3.08. The van der Waals surface area contributed by atoms with E-state index in [2.05, 4.69) is 0 Å². The molecule has 4 amide bonds. The lowest BCUT2D eigenvalue weighted by Crippen LogP contribution is -2.57. The van der Waals surface area contributed by atoms with Gasteiger partial charge in [-0.3, -0.25) is 14.5 Å². The first-order valence-electron chi connectivity index (χ1n) is 8.04. The molecule has 1 aliphatic rings. The molecule has 0 N–H and O–H groups in total. The summed E-state index contributed by atoms with van der Waals surface area (Å²) in [6, 6.07) is 9.84. The normalized spacial score (nSPS) is 16.7. The molecule has 0 atom stereocenters. The van der Waals surface area contributed by atoms with Crippen molar-refractivity contribution in [1.82, 2.24) is 4.90 Å². The summed E-state index contributed by atoms with van der Waals surface area (Å²) in [6.07, 6.45) is 1.56. The van der Waals surface area contributed by atoms with E-state index >= 15 is 0 Å². The van der Waals surface area contributed by atoms with E-state index in [9.17, 15) is 14.4 Å². The van der Waals surface area contributed by atoms with E-state index in [4.69, 9.17) is 4.74 Å². The summed E-state index contributed by atoms with van der Waals surface area (Å²) in [5.74, 6) is -1.22. The number of thiophene rings is 1. The predicted molar refractivity (Wildman–Crippen MR) is 99.9 cm³/mol. The standard InChI is InChI=1S/C19H18N2O4S/c1-13-8-11-26-16(13)12-15-17(22)20(9-10-25-2)19(24)21(18(15)23)14-6-4-3-5-7-14/h3-8,11-12H,9-10H2,1-2H3/b15-12-. The van der Waals surface area contributed by atoms with Crippen LogP contribution in [0.5, 0.6) is 0 Å². The van der Waals surface area contributed by atoms with Gasteiger partial charge in [0, 0.05) is 12.0 Å². The summed E-state index contributed by atoms with van der Waals surface area (Å²) in [7, 11) is 1.49. The van der Waals surface area contributed by atoms with Crippen LogP contribution in [0.4, 0.5) is 10.5 Å². The minimum absolute atomic E-state index is 0.0323. The first-order valence-corrected chi connectivity index (χ1v) is 8.92. The highest BCUT2D eigenvalue weighted by atomic mass is 32.1. The summed E-state index contributed by atoms with van der Waals surface area (Å²) >= 11 is 1.44. The molecule has 134 valence electrons. The number of urea groups is 1. The average molecular weight is 370 g/mol. The van der Waals surface area contributed by atoms with Gasteiger partial charge in [-0.2, -0.15) is 0 Å². The third-order valence-corrected chi connectivity index (χ3v) is 5.01. The van der Waals surface area contributed by atoms with Gasteiger partial charge in [0.1, 0.15) is 5.57 Å². The Morgan fingerprint density at radius 2 is 1.81 bits per heavy atom. The average Bonchev–Trinajstić information content (AvgIpc) is 3.04. The Balaban J connectivity index is 2.07. The Kier molecular flexibility index (Phi) is 5.29. The van der Waals surface area contributed by atoms with Crippen LogP contribution < -0.4 is 4.90 Å². The maximum atomic E-state index is 13.0. The van der Waals surface area contributed by atoms with E-state index in [-0.39, 0.29) is 18.7 Å². The van der Waals surface area contributed by atoms with Gasteiger partial charge < -0.3 is 4.74 Å². The summed E-state index contributed by atoms with van der Waals surface area (Å²) in [5, 5.41) is 1.89. The Bertz CT molecular complexity index is 873. The summed E-state index contributed by atoms with van der Waals surface area (Å²) in [5.41, 5.74) is 1.36. The van der Waals surface area contributed by atoms with Gasteiger partial charge in [0.15, 0.2) is 0 Å². The number of anilines is 1. The van der Waals surface area contributed by atoms with E-state index in [0.29, 0.717) is 5.69 Å². The van der Waals surface area contributed by atoms with Crippen LogP contribution in [0.1, 0.15) is 10.4 Å². The summed E-state index contributed by atoms with van der Waals surface area (Å²) in [4.78, 5) is 41.5. The second-order valence-electron chi connectivity index (χ2n) is 5.73. The molecule has 0 unspecified atom stereocenters. The fourth-order valence-corrected chi connectivity index (χ4v) is 3.48. The van der Waals surface area contributed by atoms with Crippen LogP contribution in [0.2, 0.25) is 0 Å². The molecule has 0 saturated carbocycles. The SMILES string of the molecule is COCCN1C(=O)/C(=C/c2sccc2C)C(=O)N(c2ccccc2)C1=O. The Morgan fingerprint density at radius 1 is 1.08 bits per heavy atom. The quantitative estimate of drug-likeness (QED) is 0.599. The number of imide groups is 2. The minimum atomic E-state index is -0.664. The molecule has 2 aromatic rings. The highest BCUT2D eigenvalue weighted by molar-refractivity contribution is 7.11. The van der Waals surface area contributed by atoms with E-state index in [1.165, 1.54) is 18.4 Å². The van der Waals surface area contributed by atoms with Gasteiger partial charge in [0.25, 0.3) is 11.8 Å². The highest BCUT2D eigenvalue weighted by Crippen LogP contribution is 2.27. The number of rotatable bonds is 5. The Morgan fingerprint density at radius 3 is 2.42 bits per heavy atom. The number of amides is 4. The van der Waals surface area contributed by atoms with Crippen LogP contribution in [0.3, 0.4) is 0 Å². The van der Waals surface area contributed by atoms with Gasteiger partial charge in [-0.05, 0) is 42.1 Å². The zero-order valence-corrected chi connectivity index (χ0v) is 15.3. The molecule has 1 fully saturated rings. The smallest absolute Gasteiger partial charge is 0.338 e. The molecule has 26 heavy (non-hydrogen) atoms. The van der Waals surface area contributed by atoms with Crippen LogP contribution in [0.25, 0.3) is 6.08 Å². The second kappa shape index (κ2) is 7.63. The van der Waals surface area contributed by atoms with Crippen LogP contribution in [-0.2, 0) is 14.3 Å². The maximum absolute atomic E-state index is 13.0. The first kappa shape index (κ1) is 18.0. The lowest BCUT2D eigenvalue weighted by atomic mass is 10.1. The number of hydrogen-bond acceptors (Lipinski definition) is 5. The number of barbiturate groups is 1. The molecular weight excluding hydrogens is 352 g/mol. The largest absolute Gasteiger partial charge is 0.383 e. The molecule has 3 rings (SSSR count). The summed E-state index contributed by atoms with van der Waals surface area (Å²) in [6.45, 7) is 2.18. The Labute approximate surface area is 155 Å². The molecule has 0 bridgehead atoms. The van der Waals surface area contributed by atoms with Crippen LogP contribution in [-0.4, -0.2) is 43.0 Å². The van der Waals surface area contributed by atoms with Gasteiger partial charge in [-0.25, -0.2) is 9.69 Å². The molecule has 6 nitrogen and oxygen atoms in total. The van der Waals surface area contributed by atoms with Gasteiger partial charge >= 0.3 is 6.03 Å². The van der Waals surface area contributed by atoms with Crippen LogP contribution in [0.15, 0.2) is 47.4 Å². The third kappa shape index (κ3) is 3.31. The van der Waals surface area contributed by atoms with Crippen molar-refractivity contribution in [2.45, 2.75) is 6.92 Å². The summed E-state index contributed by atoms with van der Waals surface area (Å²) < 4.78 is 5.00. The number of aryl methyl sites for hydroxylation is 1. The van der Waals surface area contributed by atoms with Crippen molar-refractivity contribution in [2.24, 2.45) is 0 Å². The lowest BCUT2D eigenvalue weighted by molar-refractivity contribution is -0.129. The number of para-hydroxylation sites is 1. The van der Waals surface area contributed by atoms with Crippen molar-refractivity contribution >= 4 is 40.9 Å². The molecule has 1 aromatic heterocycles. The first-order chi connectivity index (χ1) is 12.5. The maximum Gasteiger partial charge on any atom is 0.338 e. The third-order valence-electron chi connectivity index (χ3n) is 4.04. The zero-order chi connectivity index (χ0) is 18.7. The molecule has 7 heteroatoms. The number of ether oxygens (including phenoxy) is 1. The lowest BCUT2D eigenvalue weighted by Gasteiger charge is -2.33. The number of hydrogen-bond donors (Lipinski definition) is 0. The van der Waals surface area contributed by atoms with Crippen molar-refractivity contribution in [3.05, 3.63) is 57.8 Å². The van der Waals surface area contributed by atoms with E-state index in [1.54, 1.807) is 36.4 Å². The molecule has 2 heterocycles. The van der Waals surface area contributed by atoms with E-state index < -0.39 is 17.8 Å². The van der Waals surface area contributed by atoms with Crippen molar-refractivity contribution < 1.29 is 19.1 Å². The van der Waals surface area contributed by atoms with Gasteiger partial charge in [-0.15, -0.1) is 11.3 Å². The van der Waals surface area contributed by atoms with Crippen molar-refractivity contribution in [3.8, 4) is 0 Å². The fourth-order valence-electron chi connectivity index (χ4n) is 2.62. The number of carbonyl (C=O) groups is 3. The van der Waals surface area contributed by atoms with Crippen molar-refractivity contribution in [3.63, 3.8) is 0 Å². The monoisotopic (exact) mass is 370 g/mol. The number of nitrogens with zero attached hydrogens (tertiary/aromatic N) is 2. The van der Waals surface area contributed by atoms with E-state index in [0.717, 1.165) is 20.2 Å². The van der Waals surface area contributed by atoms with Crippen LogP contribution in [0, 0.1) is 6.92 Å². The molecule has 0 spiro atoms. The van der Waals surface area contributed by atoms with Gasteiger partial charge in [-0.1, -0.05) is 18.2 Å². The van der Waals surface area contributed by atoms with Crippen molar-refractivity contribution in [1.29, 1.82) is 0 Å². The number of methoxy groups -OCH3 is 1. The van der Waals surface area contributed by atoms with Gasteiger partial charge in [0.05, 0.1) is 18.8 Å². The van der Waals surface area contributed by atoms with Crippen molar-refractivity contribution in [2.75, 3.05) is 25.2 Å². The molecule has 0 radical (unpaired) electrons. The van der Waals surface area contributed by atoms with E-state index in [1.807, 2.05) is 18.4 Å². The van der Waals surface area contributed by atoms with Crippen LogP contribution >= 0.6 is 11.3 Å². The minimum Gasteiger partial charge on any atom is -0.383 e. The second-order valence-corrected chi connectivity index (χ2v) is 6.68. The molecule has 1 aliphatic heterocycles. The topological polar surface area (TPSA) is 66.9 Å². The van der Waals surface area contributed by atoms with Gasteiger partial charge in [0.2, 0.25) is 0 Å². The molecule has 1 saturated heterocycles. The number of carbonyl (C=O) groups excluding carboxylic acids is 3. The molecular formula is C19H18N2O4S. The molecule has 0 aliphatic carbocycles. The highest BCUT2D eigenvalue weighted by Gasteiger charge is 2.42. The zero-order valence-electron chi connectivity index (χ0n) is 14.5. The Hall–Kier alpha value is -2.77. The fraction of sp³-hybridized carbons (Fsp3) is 0.211.